The van der Waals surface area contributed by atoms with E-state index in [-0.39, 0.29) is 71.2 Å². The molecule has 2 N–H and O–H groups in total. The van der Waals surface area contributed by atoms with Gasteiger partial charge in [-0.1, -0.05) is 30.7 Å². The van der Waals surface area contributed by atoms with Crippen LogP contribution < -0.4 is 20.3 Å². The van der Waals surface area contributed by atoms with Crippen molar-refractivity contribution >= 4 is 57.8 Å². The number of likely N-dealkylation sites (tertiary alicyclic amines) is 3. The first kappa shape index (κ1) is 50.1. The number of halogens is 1. The zero-order chi connectivity index (χ0) is 52.2. The van der Waals surface area contributed by atoms with Gasteiger partial charge in [0.1, 0.15) is 11.3 Å². The minimum absolute atomic E-state index is 0.00433. The van der Waals surface area contributed by atoms with Crippen LogP contribution in [0.15, 0.2) is 73.3 Å². The van der Waals surface area contributed by atoms with Crippen LogP contribution in [-0.2, 0) is 29.4 Å². The van der Waals surface area contributed by atoms with Gasteiger partial charge in [-0.25, -0.2) is 14.4 Å². The summed E-state index contributed by atoms with van der Waals surface area (Å²) in [5.41, 5.74) is 5.31. The van der Waals surface area contributed by atoms with Crippen LogP contribution in [0.2, 0.25) is 0 Å². The quantitative estimate of drug-likeness (QED) is 0.121. The van der Waals surface area contributed by atoms with Crippen LogP contribution in [0.3, 0.4) is 0 Å². The first-order valence-corrected chi connectivity index (χ1v) is 28.1. The van der Waals surface area contributed by atoms with Crippen molar-refractivity contribution in [3.8, 4) is 17.0 Å². The van der Waals surface area contributed by atoms with Crippen molar-refractivity contribution < 1.29 is 33.1 Å². The molecule has 2 saturated carbocycles. The van der Waals surface area contributed by atoms with E-state index < -0.39 is 11.2 Å². The average Bonchev–Trinajstić information content (AvgIpc) is 4.00. The van der Waals surface area contributed by atoms with Crippen molar-refractivity contribution in [2.75, 3.05) is 49.5 Å². The van der Waals surface area contributed by atoms with Crippen molar-refractivity contribution in [1.82, 2.24) is 39.5 Å². The highest BCUT2D eigenvalue weighted by molar-refractivity contribution is 6.09. The van der Waals surface area contributed by atoms with Crippen LogP contribution >= 0.6 is 0 Å². The van der Waals surface area contributed by atoms with Gasteiger partial charge in [-0.2, -0.15) is 0 Å². The molecular weight excluding hydrogens is 964 g/mol. The molecule has 4 saturated heterocycles. The predicted octanol–water partition coefficient (Wildman–Crippen LogP) is 8.58. The van der Waals surface area contributed by atoms with Crippen molar-refractivity contribution in [2.45, 2.75) is 146 Å². The summed E-state index contributed by atoms with van der Waals surface area (Å²) in [5, 5.41) is 5.67. The number of carbonyl (C=O) groups is 5. The monoisotopic (exact) mass is 1030 g/mol. The number of rotatable bonds is 11. The smallest absolute Gasteiger partial charge is 0.238 e. The number of amides is 5. The molecule has 1 spiro atoms. The van der Waals surface area contributed by atoms with Crippen LogP contribution in [0.4, 0.5) is 21.6 Å². The molecular formula is C59H69FN10O6. The molecule has 6 fully saturated rings. The highest BCUT2D eigenvalue weighted by atomic mass is 19.1. The van der Waals surface area contributed by atoms with Gasteiger partial charge in [0.15, 0.2) is 11.6 Å². The first-order chi connectivity index (χ1) is 36.9. The van der Waals surface area contributed by atoms with Gasteiger partial charge in [0.2, 0.25) is 29.5 Å². The van der Waals surface area contributed by atoms with Crippen LogP contribution in [-0.4, -0.2) is 121 Å². The number of fused-ring (bicyclic) bond motifs is 3. The molecule has 0 bridgehead atoms. The molecule has 5 amide bonds. The van der Waals surface area contributed by atoms with Crippen molar-refractivity contribution in [2.24, 2.45) is 11.8 Å². The SMILES string of the molecule is CC(C)n1cnc2cc(-c3ccc4c(c3)N(C3CC(N5CCCCC5)C3)C(=O)C43CCN(C(=O)C4CCN(C(=O)C5CCC(Oc6ccc([C@H]7CCC(=O)NC7=O)cc6)CC5)CC4)CC3)nc(Nc3ccncc3F)c21. The van der Waals surface area contributed by atoms with Crippen molar-refractivity contribution in [1.29, 1.82) is 0 Å². The maximum atomic E-state index is 15.3. The van der Waals surface area contributed by atoms with E-state index in [9.17, 15) is 19.2 Å². The number of ether oxygens (including phenoxy) is 1. The van der Waals surface area contributed by atoms with Crippen LogP contribution in [0, 0.1) is 17.7 Å². The minimum atomic E-state index is -0.748. The molecule has 0 radical (unpaired) electrons. The Morgan fingerprint density at radius 2 is 1.51 bits per heavy atom. The van der Waals surface area contributed by atoms with Gasteiger partial charge < -0.3 is 34.2 Å². The Bertz CT molecular complexity index is 3030. The lowest BCUT2D eigenvalue weighted by Gasteiger charge is -2.48. The van der Waals surface area contributed by atoms with Gasteiger partial charge in [-0.15, -0.1) is 0 Å². The average molecular weight is 1030 g/mol. The molecule has 2 aliphatic carbocycles. The topological polar surface area (TPSA) is 175 Å². The van der Waals surface area contributed by atoms with Crippen LogP contribution in [0.5, 0.6) is 5.75 Å². The van der Waals surface area contributed by atoms with Gasteiger partial charge >= 0.3 is 0 Å². The third-order valence-corrected chi connectivity index (χ3v) is 18.1. The summed E-state index contributed by atoms with van der Waals surface area (Å²) in [6.07, 6.45) is 16.3. The fourth-order valence-electron chi connectivity index (χ4n) is 13.6. The zero-order valence-electron chi connectivity index (χ0n) is 43.7. The second-order valence-electron chi connectivity index (χ2n) is 22.9. The summed E-state index contributed by atoms with van der Waals surface area (Å²) in [5.74, 6) is 0.116. The third-order valence-electron chi connectivity index (χ3n) is 18.1. The highest BCUT2D eigenvalue weighted by Crippen LogP contribution is 2.52. The minimum Gasteiger partial charge on any atom is -0.490 e. The lowest BCUT2D eigenvalue weighted by atomic mass is 9.73. The zero-order valence-corrected chi connectivity index (χ0v) is 43.7. The molecule has 12 rings (SSSR count). The highest BCUT2D eigenvalue weighted by Gasteiger charge is 2.56. The normalized spacial score (nSPS) is 25.2. The number of nitrogens with zero attached hydrogens (tertiary/aromatic N) is 8. The first-order valence-electron chi connectivity index (χ1n) is 28.1. The second kappa shape index (κ2) is 20.7. The molecule has 3 aromatic heterocycles. The Morgan fingerprint density at radius 3 is 2.21 bits per heavy atom. The Hall–Kier alpha value is -6.75. The van der Waals surface area contributed by atoms with Gasteiger partial charge in [-0.05, 0) is 152 Å². The predicted molar refractivity (Wildman–Crippen MR) is 285 cm³/mol. The number of benzene rings is 2. The fraction of sp³-hybridized carbons (Fsp3) is 0.525. The van der Waals surface area contributed by atoms with Crippen molar-refractivity contribution in [3.05, 3.63) is 90.3 Å². The van der Waals surface area contributed by atoms with E-state index in [0.29, 0.717) is 82.3 Å². The van der Waals surface area contributed by atoms with E-state index in [4.69, 9.17) is 14.7 Å². The molecule has 398 valence electrons. The summed E-state index contributed by atoms with van der Waals surface area (Å²) in [4.78, 5) is 89.9. The van der Waals surface area contributed by atoms with E-state index in [2.05, 4.69) is 57.5 Å². The summed E-state index contributed by atoms with van der Waals surface area (Å²) >= 11 is 0. The standard InChI is InChI=1S/C59H69FN10O6/c1-36(2)69-35-62-50-33-49(64-54(53(50)69)63-48-18-23-61-34-47(48)60)40-10-16-46-51(30-40)70(42-31-41(32-42)66-24-4-3-5-25-66)58(75)59(46)21-28-68(29-22-59)57(74)39-19-26-67(27-20-39)56(73)38-8-13-44(14-9-38)76-43-11-6-37(7-12-43)45-15-17-52(71)65-55(45)72/h6-7,10-12,16,18,23,30,33-36,38-39,41-42,44-45H,3-5,8-9,13-15,17,19-22,24-29,31-32H2,1-2H3,(H,61,63,64)(H,65,71,72)/t38?,41?,42?,44?,45-/m1/s1. The van der Waals surface area contributed by atoms with E-state index in [1.54, 1.807) is 18.6 Å². The van der Waals surface area contributed by atoms with Gasteiger partial charge in [0.05, 0.1) is 46.9 Å². The summed E-state index contributed by atoms with van der Waals surface area (Å²) < 4.78 is 23.4. The molecule has 76 heavy (non-hydrogen) atoms. The number of hydrogen-bond donors (Lipinski definition) is 2. The molecule has 5 aliphatic heterocycles. The number of hydrogen-bond acceptors (Lipinski definition) is 11. The molecule has 7 aliphatic rings. The molecule has 5 aromatic rings. The van der Waals surface area contributed by atoms with Gasteiger partial charge in [-0.3, -0.25) is 34.3 Å². The Labute approximate surface area is 443 Å². The second-order valence-corrected chi connectivity index (χ2v) is 22.9. The number of imidazole rings is 1. The Morgan fingerprint density at radius 1 is 0.803 bits per heavy atom. The van der Waals surface area contributed by atoms with E-state index in [1.165, 1.54) is 25.5 Å². The number of pyridine rings is 2. The maximum Gasteiger partial charge on any atom is 0.238 e. The summed E-state index contributed by atoms with van der Waals surface area (Å²) in [6.45, 7) is 8.48. The molecule has 8 heterocycles. The number of anilines is 3. The fourth-order valence-corrected chi connectivity index (χ4v) is 13.6. The number of carbonyl (C=O) groups excluding carboxylic acids is 5. The molecule has 0 unspecified atom stereocenters. The number of piperidine rings is 4. The summed E-state index contributed by atoms with van der Waals surface area (Å²) in [6, 6.07) is 18.0. The lowest BCUT2D eigenvalue weighted by molar-refractivity contribution is -0.145. The number of nitrogens with one attached hydrogen (secondary N) is 2. The van der Waals surface area contributed by atoms with Crippen LogP contribution in [0.1, 0.15) is 133 Å². The van der Waals surface area contributed by atoms with Crippen LogP contribution in [0.25, 0.3) is 22.3 Å². The van der Waals surface area contributed by atoms with Gasteiger partial charge in [0.25, 0.3) is 0 Å². The molecule has 2 aromatic carbocycles. The number of imide groups is 1. The van der Waals surface area contributed by atoms with Crippen molar-refractivity contribution in [3.63, 3.8) is 0 Å². The Balaban J connectivity index is 0.699. The number of aromatic nitrogens is 4. The summed E-state index contributed by atoms with van der Waals surface area (Å²) in [7, 11) is 0. The third kappa shape index (κ3) is 9.39. The maximum absolute atomic E-state index is 15.3. The largest absolute Gasteiger partial charge is 0.490 e. The van der Waals surface area contributed by atoms with Gasteiger partial charge in [0, 0.05) is 80.0 Å². The lowest BCUT2D eigenvalue weighted by Crippen LogP contribution is -2.58. The Kier molecular flexibility index (Phi) is 13.6. The molecule has 1 atom stereocenters. The van der Waals surface area contributed by atoms with E-state index >= 15 is 9.18 Å². The molecule has 16 nitrogen and oxygen atoms in total. The van der Waals surface area contributed by atoms with E-state index in [0.717, 1.165) is 90.8 Å². The van der Waals surface area contributed by atoms with E-state index in [1.807, 2.05) is 44.7 Å². The molecule has 17 heteroatoms.